The molecule has 0 aliphatic rings. The van der Waals surface area contributed by atoms with Gasteiger partial charge in [-0.3, -0.25) is 0 Å². The van der Waals surface area contributed by atoms with E-state index in [0.717, 1.165) is 12.4 Å². The molecule has 0 atom stereocenters. The van der Waals surface area contributed by atoms with Crippen LogP contribution in [0.15, 0.2) is 6.20 Å². The highest BCUT2D eigenvalue weighted by Gasteiger charge is 2.01. The molecule has 1 aromatic heterocycles. The van der Waals surface area contributed by atoms with Crippen molar-refractivity contribution in [1.82, 2.24) is 14.9 Å². The van der Waals surface area contributed by atoms with Gasteiger partial charge >= 0.3 is 0 Å². The van der Waals surface area contributed by atoms with Crippen LogP contribution in [0.2, 0.25) is 0 Å². The van der Waals surface area contributed by atoms with Crippen LogP contribution in [0, 0.1) is 6.92 Å². The summed E-state index contributed by atoms with van der Waals surface area (Å²) in [7, 11) is 2.04. The summed E-state index contributed by atoms with van der Waals surface area (Å²) < 4.78 is 2.11. The Hall–Kier alpha value is -0.830. The molecular formula is C9H17N3. The minimum Gasteiger partial charge on any atom is -0.334 e. The molecular weight excluding hydrogens is 150 g/mol. The molecule has 0 aromatic carbocycles. The van der Waals surface area contributed by atoms with Gasteiger partial charge < -0.3 is 9.88 Å². The lowest BCUT2D eigenvalue weighted by Crippen LogP contribution is -2.23. The number of aromatic nitrogens is 2. The van der Waals surface area contributed by atoms with Crippen LogP contribution in [0.25, 0.3) is 0 Å². The summed E-state index contributed by atoms with van der Waals surface area (Å²) >= 11 is 0. The van der Waals surface area contributed by atoms with Crippen LogP contribution < -0.4 is 5.32 Å². The van der Waals surface area contributed by atoms with Gasteiger partial charge in [-0.1, -0.05) is 13.8 Å². The fourth-order valence-corrected chi connectivity index (χ4v) is 1.02. The second-order valence-corrected chi connectivity index (χ2v) is 3.39. The molecule has 0 bridgehead atoms. The molecule has 0 aliphatic heterocycles. The summed E-state index contributed by atoms with van der Waals surface area (Å²) in [5.41, 5.74) is 1.24. The van der Waals surface area contributed by atoms with Gasteiger partial charge in [0, 0.05) is 25.8 Å². The lowest BCUT2D eigenvalue weighted by Gasteiger charge is -2.08. The zero-order chi connectivity index (χ0) is 9.14. The minimum absolute atomic E-state index is 0.528. The van der Waals surface area contributed by atoms with Gasteiger partial charge in [0.15, 0.2) is 0 Å². The predicted octanol–water partition coefficient (Wildman–Crippen LogP) is 1.23. The average Bonchev–Trinajstić information content (AvgIpc) is 2.30. The molecule has 0 fully saturated rings. The van der Waals surface area contributed by atoms with Crippen molar-refractivity contribution in [3.63, 3.8) is 0 Å². The van der Waals surface area contributed by atoms with Crippen molar-refractivity contribution < 1.29 is 0 Å². The minimum atomic E-state index is 0.528. The normalized spacial score (nSPS) is 11.1. The van der Waals surface area contributed by atoms with Gasteiger partial charge in [-0.25, -0.2) is 4.98 Å². The van der Waals surface area contributed by atoms with E-state index in [0.29, 0.717) is 6.04 Å². The molecule has 68 valence electrons. The lowest BCUT2D eigenvalue weighted by atomic mass is 10.3. The maximum absolute atomic E-state index is 4.22. The van der Waals surface area contributed by atoms with E-state index < -0.39 is 0 Å². The first kappa shape index (κ1) is 9.26. The van der Waals surface area contributed by atoms with Crippen molar-refractivity contribution >= 4 is 0 Å². The van der Waals surface area contributed by atoms with Crippen molar-refractivity contribution in [2.75, 3.05) is 0 Å². The van der Waals surface area contributed by atoms with Crippen LogP contribution in [0.5, 0.6) is 0 Å². The monoisotopic (exact) mass is 167 g/mol. The van der Waals surface area contributed by atoms with E-state index in [9.17, 15) is 0 Å². The quantitative estimate of drug-likeness (QED) is 0.733. The predicted molar refractivity (Wildman–Crippen MR) is 49.9 cm³/mol. The molecule has 1 N–H and O–H groups in total. The molecule has 0 spiro atoms. The fraction of sp³-hybridized carbons (Fsp3) is 0.667. The Morgan fingerprint density at radius 1 is 1.58 bits per heavy atom. The standard InChI is InChI=1S/C9H17N3/c1-7(2)10-5-9-6-11-8(3)12(9)4/h6-7,10H,5H2,1-4H3. The van der Waals surface area contributed by atoms with Gasteiger partial charge in [0.05, 0.1) is 5.69 Å². The number of rotatable bonds is 3. The maximum Gasteiger partial charge on any atom is 0.105 e. The molecule has 1 rings (SSSR count). The zero-order valence-electron chi connectivity index (χ0n) is 8.26. The third-order valence-corrected chi connectivity index (χ3v) is 2.01. The molecule has 0 amide bonds. The van der Waals surface area contributed by atoms with Crippen LogP contribution in [0.3, 0.4) is 0 Å². The maximum atomic E-state index is 4.22. The number of aryl methyl sites for hydroxylation is 1. The summed E-state index contributed by atoms with van der Waals surface area (Å²) in [6.45, 7) is 7.19. The van der Waals surface area contributed by atoms with Gasteiger partial charge in [0.2, 0.25) is 0 Å². The van der Waals surface area contributed by atoms with Crippen LogP contribution >= 0.6 is 0 Å². The van der Waals surface area contributed by atoms with E-state index in [-0.39, 0.29) is 0 Å². The van der Waals surface area contributed by atoms with Crippen molar-refractivity contribution in [3.05, 3.63) is 17.7 Å². The average molecular weight is 167 g/mol. The molecule has 3 nitrogen and oxygen atoms in total. The largest absolute Gasteiger partial charge is 0.334 e. The van der Waals surface area contributed by atoms with Crippen LogP contribution in [-0.4, -0.2) is 15.6 Å². The second-order valence-electron chi connectivity index (χ2n) is 3.39. The number of nitrogens with one attached hydrogen (secondary N) is 1. The second kappa shape index (κ2) is 3.72. The molecule has 0 saturated carbocycles. The third-order valence-electron chi connectivity index (χ3n) is 2.01. The van der Waals surface area contributed by atoms with Crippen LogP contribution in [0.4, 0.5) is 0 Å². The van der Waals surface area contributed by atoms with Gasteiger partial charge in [0.1, 0.15) is 5.82 Å². The van der Waals surface area contributed by atoms with Crippen LogP contribution in [-0.2, 0) is 13.6 Å². The molecule has 12 heavy (non-hydrogen) atoms. The van der Waals surface area contributed by atoms with E-state index in [2.05, 4.69) is 28.7 Å². The van der Waals surface area contributed by atoms with Crippen molar-refractivity contribution in [2.45, 2.75) is 33.4 Å². The van der Waals surface area contributed by atoms with E-state index in [1.54, 1.807) is 0 Å². The third kappa shape index (κ3) is 2.08. The van der Waals surface area contributed by atoms with Gasteiger partial charge in [-0.05, 0) is 6.92 Å². The number of hydrogen-bond donors (Lipinski definition) is 1. The molecule has 3 heteroatoms. The molecule has 1 aromatic rings. The molecule has 0 radical (unpaired) electrons. The highest BCUT2D eigenvalue weighted by molar-refractivity contribution is 5.03. The summed E-state index contributed by atoms with van der Waals surface area (Å²) in [5.74, 6) is 1.07. The number of imidazole rings is 1. The SMILES string of the molecule is Cc1ncc(CNC(C)C)n1C. The van der Waals surface area contributed by atoms with E-state index in [1.807, 2.05) is 20.2 Å². The van der Waals surface area contributed by atoms with Crippen molar-refractivity contribution in [3.8, 4) is 0 Å². The Balaban J connectivity index is 2.58. The summed E-state index contributed by atoms with van der Waals surface area (Å²) in [4.78, 5) is 4.22. The molecule has 1 heterocycles. The first-order valence-corrected chi connectivity index (χ1v) is 4.32. The first-order chi connectivity index (χ1) is 5.61. The number of hydrogen-bond acceptors (Lipinski definition) is 2. The molecule has 0 saturated heterocycles. The Morgan fingerprint density at radius 3 is 2.67 bits per heavy atom. The first-order valence-electron chi connectivity index (χ1n) is 4.32. The van der Waals surface area contributed by atoms with Crippen molar-refractivity contribution in [1.29, 1.82) is 0 Å². The van der Waals surface area contributed by atoms with E-state index >= 15 is 0 Å². The summed E-state index contributed by atoms with van der Waals surface area (Å²) in [6, 6.07) is 0.528. The Kier molecular flexibility index (Phi) is 2.87. The fourth-order valence-electron chi connectivity index (χ4n) is 1.02. The Morgan fingerprint density at radius 2 is 2.25 bits per heavy atom. The van der Waals surface area contributed by atoms with Gasteiger partial charge in [-0.15, -0.1) is 0 Å². The molecule has 0 unspecified atom stereocenters. The molecule has 0 aliphatic carbocycles. The van der Waals surface area contributed by atoms with E-state index in [1.165, 1.54) is 5.69 Å². The topological polar surface area (TPSA) is 29.9 Å². The Bertz CT molecular complexity index is 250. The van der Waals surface area contributed by atoms with Crippen molar-refractivity contribution in [2.24, 2.45) is 7.05 Å². The highest BCUT2D eigenvalue weighted by atomic mass is 15.1. The van der Waals surface area contributed by atoms with E-state index in [4.69, 9.17) is 0 Å². The lowest BCUT2D eigenvalue weighted by molar-refractivity contribution is 0.569. The Labute approximate surface area is 73.8 Å². The van der Waals surface area contributed by atoms with Gasteiger partial charge in [-0.2, -0.15) is 0 Å². The summed E-state index contributed by atoms with van der Waals surface area (Å²) in [6.07, 6.45) is 1.92. The zero-order valence-corrected chi connectivity index (χ0v) is 8.26. The van der Waals surface area contributed by atoms with Crippen LogP contribution in [0.1, 0.15) is 25.4 Å². The highest BCUT2D eigenvalue weighted by Crippen LogP contribution is 2.00. The number of nitrogens with zero attached hydrogens (tertiary/aromatic N) is 2. The van der Waals surface area contributed by atoms with Gasteiger partial charge in [0.25, 0.3) is 0 Å². The smallest absolute Gasteiger partial charge is 0.105 e. The summed E-state index contributed by atoms with van der Waals surface area (Å²) in [5, 5.41) is 3.36.